The summed E-state index contributed by atoms with van der Waals surface area (Å²) in [7, 11) is 0. The number of rotatable bonds is 9. The summed E-state index contributed by atoms with van der Waals surface area (Å²) in [5.41, 5.74) is 3.36. The number of Topliss-reactive ketones (excluding diaryl/α,β-unsaturated/α-hetero) is 1. The molecule has 0 saturated carbocycles. The molecule has 0 fully saturated rings. The SMILES string of the molecule is CCc1cc(OCc2ccccc2)c(C(=O)COc2c(CO)ccc3c2C=CC(C)(C)O3)cc1Br. The second-order valence-corrected chi connectivity index (χ2v) is 9.80. The molecule has 1 heterocycles. The Morgan fingerprint density at radius 2 is 1.83 bits per heavy atom. The van der Waals surface area contributed by atoms with Crippen molar-refractivity contribution < 1.29 is 24.1 Å². The van der Waals surface area contributed by atoms with Gasteiger partial charge in [0.15, 0.2) is 6.61 Å². The molecule has 0 unspecified atom stereocenters. The van der Waals surface area contributed by atoms with Gasteiger partial charge in [-0.05, 0) is 67.8 Å². The van der Waals surface area contributed by atoms with E-state index in [1.165, 1.54) is 0 Å². The lowest BCUT2D eigenvalue weighted by molar-refractivity contribution is 0.0913. The number of hydrogen-bond donors (Lipinski definition) is 1. The first kappa shape index (κ1) is 25.0. The maximum atomic E-state index is 13.3. The highest BCUT2D eigenvalue weighted by Crippen LogP contribution is 2.39. The maximum Gasteiger partial charge on any atom is 0.203 e. The first-order valence-corrected chi connectivity index (χ1v) is 12.4. The molecule has 35 heavy (non-hydrogen) atoms. The minimum Gasteiger partial charge on any atom is -0.488 e. The molecule has 4 rings (SSSR count). The van der Waals surface area contributed by atoms with Gasteiger partial charge in [-0.3, -0.25) is 4.79 Å². The van der Waals surface area contributed by atoms with Crippen molar-refractivity contribution in [1.82, 2.24) is 0 Å². The van der Waals surface area contributed by atoms with E-state index < -0.39 is 5.60 Å². The average Bonchev–Trinajstić information content (AvgIpc) is 2.86. The molecule has 0 aromatic heterocycles. The van der Waals surface area contributed by atoms with Crippen LogP contribution in [0, 0.1) is 0 Å². The van der Waals surface area contributed by atoms with Gasteiger partial charge in [0.25, 0.3) is 0 Å². The Morgan fingerprint density at radius 1 is 1.06 bits per heavy atom. The van der Waals surface area contributed by atoms with Crippen molar-refractivity contribution >= 4 is 27.8 Å². The topological polar surface area (TPSA) is 65.0 Å². The lowest BCUT2D eigenvalue weighted by Gasteiger charge is -2.29. The Balaban J connectivity index is 1.59. The molecule has 1 aliphatic heterocycles. The van der Waals surface area contributed by atoms with Gasteiger partial charge < -0.3 is 19.3 Å². The van der Waals surface area contributed by atoms with E-state index >= 15 is 0 Å². The van der Waals surface area contributed by atoms with Gasteiger partial charge in [-0.15, -0.1) is 0 Å². The van der Waals surface area contributed by atoms with E-state index in [9.17, 15) is 9.90 Å². The van der Waals surface area contributed by atoms with Crippen molar-refractivity contribution in [3.8, 4) is 17.2 Å². The van der Waals surface area contributed by atoms with Crippen molar-refractivity contribution in [3.63, 3.8) is 0 Å². The van der Waals surface area contributed by atoms with E-state index in [2.05, 4.69) is 22.9 Å². The lowest BCUT2D eigenvalue weighted by atomic mass is 9.99. The van der Waals surface area contributed by atoms with Crippen LogP contribution in [0.5, 0.6) is 17.2 Å². The van der Waals surface area contributed by atoms with Gasteiger partial charge in [-0.2, -0.15) is 0 Å². The number of carbonyl (C=O) groups excluding carboxylic acids is 1. The van der Waals surface area contributed by atoms with Crippen LogP contribution in [0.4, 0.5) is 0 Å². The summed E-state index contributed by atoms with van der Waals surface area (Å²) in [6, 6.07) is 17.1. The number of hydrogen-bond acceptors (Lipinski definition) is 5. The van der Waals surface area contributed by atoms with Crippen molar-refractivity contribution in [1.29, 1.82) is 0 Å². The molecular weight excluding hydrogens is 508 g/mol. The predicted octanol–water partition coefficient (Wildman–Crippen LogP) is 6.53. The van der Waals surface area contributed by atoms with E-state index in [-0.39, 0.29) is 19.0 Å². The fourth-order valence-electron chi connectivity index (χ4n) is 3.92. The Bertz CT molecular complexity index is 1250. The maximum absolute atomic E-state index is 13.3. The molecule has 1 N–H and O–H groups in total. The van der Waals surface area contributed by atoms with Crippen LogP contribution >= 0.6 is 15.9 Å². The monoisotopic (exact) mass is 536 g/mol. The quantitative estimate of drug-likeness (QED) is 0.315. The number of aliphatic hydroxyl groups excluding tert-OH is 1. The lowest BCUT2D eigenvalue weighted by Crippen LogP contribution is -2.27. The number of carbonyl (C=O) groups is 1. The third-order valence-electron chi connectivity index (χ3n) is 5.85. The Kier molecular flexibility index (Phi) is 7.63. The van der Waals surface area contributed by atoms with Gasteiger partial charge in [-0.1, -0.05) is 53.2 Å². The standard InChI is InChI=1S/C29H29BrO5/c1-4-20-14-27(33-17-19-8-6-5-7-9-19)23(15-24(20)30)25(32)18-34-28-21(16-31)10-11-26-22(28)12-13-29(2,3)35-26/h5-15,31H,4,16-18H2,1-3H3. The van der Waals surface area contributed by atoms with Gasteiger partial charge in [0.1, 0.15) is 29.5 Å². The van der Waals surface area contributed by atoms with E-state index in [0.29, 0.717) is 40.5 Å². The fourth-order valence-corrected chi connectivity index (χ4v) is 4.55. The third kappa shape index (κ3) is 5.77. The zero-order valence-electron chi connectivity index (χ0n) is 20.1. The van der Waals surface area contributed by atoms with Crippen LogP contribution in [0.2, 0.25) is 0 Å². The smallest absolute Gasteiger partial charge is 0.203 e. The second kappa shape index (κ2) is 10.7. The normalized spacial score (nSPS) is 13.6. The molecule has 0 aliphatic carbocycles. The van der Waals surface area contributed by atoms with Gasteiger partial charge in [0.05, 0.1) is 17.7 Å². The number of aryl methyl sites for hydroxylation is 1. The summed E-state index contributed by atoms with van der Waals surface area (Å²) in [4.78, 5) is 13.3. The van der Waals surface area contributed by atoms with Gasteiger partial charge in [0, 0.05) is 10.0 Å². The highest BCUT2D eigenvalue weighted by Gasteiger charge is 2.26. The number of ether oxygens (including phenoxy) is 3. The van der Waals surface area contributed by atoms with E-state index in [0.717, 1.165) is 22.0 Å². The number of aliphatic hydroxyl groups is 1. The number of benzene rings is 3. The highest BCUT2D eigenvalue weighted by molar-refractivity contribution is 9.10. The van der Waals surface area contributed by atoms with Gasteiger partial charge in [-0.25, -0.2) is 0 Å². The summed E-state index contributed by atoms with van der Waals surface area (Å²) in [6.45, 7) is 5.91. The number of ketones is 1. The molecule has 0 saturated heterocycles. The van der Waals surface area contributed by atoms with Crippen LogP contribution in [0.15, 0.2) is 65.1 Å². The molecule has 3 aromatic carbocycles. The third-order valence-corrected chi connectivity index (χ3v) is 6.59. The van der Waals surface area contributed by atoms with E-state index in [1.807, 2.05) is 68.5 Å². The Hall–Kier alpha value is -3.09. The highest BCUT2D eigenvalue weighted by atomic mass is 79.9. The summed E-state index contributed by atoms with van der Waals surface area (Å²) in [6.07, 6.45) is 4.64. The van der Waals surface area contributed by atoms with Crippen LogP contribution in [-0.2, 0) is 19.6 Å². The zero-order valence-corrected chi connectivity index (χ0v) is 21.7. The summed E-state index contributed by atoms with van der Waals surface area (Å²) >= 11 is 3.58. The number of fused-ring (bicyclic) bond motifs is 1. The predicted molar refractivity (Wildman–Crippen MR) is 140 cm³/mol. The Labute approximate surface area is 214 Å². The molecule has 0 amide bonds. The molecule has 6 heteroatoms. The summed E-state index contributed by atoms with van der Waals surface area (Å²) in [5, 5.41) is 9.87. The van der Waals surface area contributed by atoms with E-state index in [4.69, 9.17) is 14.2 Å². The average molecular weight is 537 g/mol. The minimum atomic E-state index is -0.445. The molecule has 0 radical (unpaired) electrons. The molecule has 0 bridgehead atoms. The van der Waals surface area contributed by atoms with Crippen LogP contribution < -0.4 is 14.2 Å². The largest absolute Gasteiger partial charge is 0.488 e. The first-order valence-electron chi connectivity index (χ1n) is 11.6. The van der Waals surface area contributed by atoms with Crippen LogP contribution in [0.1, 0.15) is 53.4 Å². The number of halogens is 1. The van der Waals surface area contributed by atoms with Crippen molar-refractivity contribution in [2.24, 2.45) is 0 Å². The van der Waals surface area contributed by atoms with Crippen molar-refractivity contribution in [2.45, 2.75) is 46.0 Å². The van der Waals surface area contributed by atoms with Crippen molar-refractivity contribution in [3.05, 3.63) is 93.0 Å². The molecule has 1 aliphatic rings. The van der Waals surface area contributed by atoms with E-state index in [1.54, 1.807) is 12.1 Å². The van der Waals surface area contributed by atoms with Crippen LogP contribution in [0.25, 0.3) is 6.08 Å². The van der Waals surface area contributed by atoms with Crippen molar-refractivity contribution in [2.75, 3.05) is 6.61 Å². The minimum absolute atomic E-state index is 0.208. The second-order valence-electron chi connectivity index (χ2n) is 8.94. The van der Waals surface area contributed by atoms with Gasteiger partial charge >= 0.3 is 0 Å². The van der Waals surface area contributed by atoms with Crippen LogP contribution in [0.3, 0.4) is 0 Å². The molecule has 0 atom stereocenters. The van der Waals surface area contributed by atoms with Crippen LogP contribution in [-0.4, -0.2) is 23.1 Å². The molecular formula is C29H29BrO5. The zero-order chi connectivity index (χ0) is 25.0. The molecule has 0 spiro atoms. The first-order chi connectivity index (χ1) is 16.8. The fraction of sp³-hybridized carbons (Fsp3) is 0.276. The molecule has 3 aromatic rings. The Morgan fingerprint density at radius 3 is 2.54 bits per heavy atom. The molecule has 182 valence electrons. The molecule has 5 nitrogen and oxygen atoms in total. The summed E-state index contributed by atoms with van der Waals surface area (Å²) < 4.78 is 19.0. The summed E-state index contributed by atoms with van der Waals surface area (Å²) in [5.74, 6) is 1.39. The van der Waals surface area contributed by atoms with Gasteiger partial charge in [0.2, 0.25) is 5.78 Å².